The molecule has 0 saturated carbocycles. The predicted molar refractivity (Wildman–Crippen MR) is 232 cm³/mol. The van der Waals surface area contributed by atoms with Gasteiger partial charge in [-0.3, -0.25) is 0 Å². The number of hydrogen-bond acceptors (Lipinski definition) is 3. The third-order valence-corrected chi connectivity index (χ3v) is 11.0. The van der Waals surface area contributed by atoms with Gasteiger partial charge >= 0.3 is 0 Å². The molecular formula is C51H35N5. The molecule has 0 aliphatic carbocycles. The van der Waals surface area contributed by atoms with Crippen molar-refractivity contribution in [2.75, 3.05) is 0 Å². The fraction of sp³-hybridized carbons (Fsp3) is 0.0196. The molecule has 56 heavy (non-hydrogen) atoms. The summed E-state index contributed by atoms with van der Waals surface area (Å²) in [6, 6.07) is 71.0. The molecule has 1 atom stereocenters. The summed E-state index contributed by atoms with van der Waals surface area (Å²) in [5.41, 5.74) is 12.3. The molecule has 11 rings (SSSR count). The van der Waals surface area contributed by atoms with Gasteiger partial charge in [-0.25, -0.2) is 9.98 Å². The van der Waals surface area contributed by atoms with Gasteiger partial charge in [-0.2, -0.15) is 0 Å². The van der Waals surface area contributed by atoms with Crippen molar-refractivity contribution in [3.63, 3.8) is 0 Å². The summed E-state index contributed by atoms with van der Waals surface area (Å²) < 4.78 is 4.83. The topological polar surface area (TPSA) is 46.6 Å². The van der Waals surface area contributed by atoms with Crippen LogP contribution in [0.2, 0.25) is 0 Å². The lowest BCUT2D eigenvalue weighted by molar-refractivity contribution is 0.670. The first-order chi connectivity index (χ1) is 27.8. The number of para-hydroxylation sites is 3. The Morgan fingerprint density at radius 3 is 1.71 bits per heavy atom. The number of nitrogens with zero attached hydrogens (tertiary/aromatic N) is 4. The van der Waals surface area contributed by atoms with E-state index in [1.165, 1.54) is 43.7 Å². The zero-order valence-corrected chi connectivity index (χ0v) is 30.4. The van der Waals surface area contributed by atoms with E-state index in [1.54, 1.807) is 0 Å². The van der Waals surface area contributed by atoms with E-state index in [0.29, 0.717) is 5.84 Å². The van der Waals surface area contributed by atoms with Gasteiger partial charge in [-0.15, -0.1) is 0 Å². The molecule has 10 aromatic rings. The van der Waals surface area contributed by atoms with E-state index in [1.807, 2.05) is 36.4 Å². The summed E-state index contributed by atoms with van der Waals surface area (Å²) in [7, 11) is 0. The summed E-state index contributed by atoms with van der Waals surface area (Å²) in [6.07, 6.45) is -0.385. The Bertz CT molecular complexity index is 3150. The highest BCUT2D eigenvalue weighted by Gasteiger charge is 2.25. The van der Waals surface area contributed by atoms with Crippen LogP contribution in [0.3, 0.4) is 0 Å². The quantitative estimate of drug-likeness (QED) is 0.183. The minimum absolute atomic E-state index is 0.385. The molecule has 1 aliphatic heterocycles. The predicted octanol–water partition coefficient (Wildman–Crippen LogP) is 12.0. The Morgan fingerprint density at radius 2 is 0.964 bits per heavy atom. The second-order valence-electron chi connectivity index (χ2n) is 14.3. The van der Waals surface area contributed by atoms with Gasteiger partial charge in [-0.05, 0) is 53.6 Å². The fourth-order valence-electron chi connectivity index (χ4n) is 8.41. The number of benzene rings is 8. The molecule has 2 aromatic heterocycles. The Balaban J connectivity index is 1.12. The van der Waals surface area contributed by atoms with Gasteiger partial charge in [0, 0.05) is 43.9 Å². The smallest absolute Gasteiger partial charge is 0.159 e. The fourth-order valence-corrected chi connectivity index (χ4v) is 8.41. The number of amidine groups is 2. The third kappa shape index (κ3) is 5.24. The number of hydrogen-bond donors (Lipinski definition) is 1. The summed E-state index contributed by atoms with van der Waals surface area (Å²) in [6.45, 7) is 0. The van der Waals surface area contributed by atoms with Gasteiger partial charge in [0.05, 0.1) is 27.8 Å². The Morgan fingerprint density at radius 1 is 0.393 bits per heavy atom. The van der Waals surface area contributed by atoms with Crippen molar-refractivity contribution in [3.8, 4) is 22.5 Å². The van der Waals surface area contributed by atoms with Crippen LogP contribution in [0.1, 0.15) is 22.9 Å². The molecule has 8 aromatic carbocycles. The molecule has 264 valence electrons. The van der Waals surface area contributed by atoms with Gasteiger partial charge in [0.1, 0.15) is 12.0 Å². The molecule has 1 N–H and O–H groups in total. The van der Waals surface area contributed by atoms with Crippen molar-refractivity contribution in [2.45, 2.75) is 6.17 Å². The van der Waals surface area contributed by atoms with Crippen LogP contribution in [-0.2, 0) is 0 Å². The number of fused-ring (bicyclic) bond motifs is 6. The Kier molecular flexibility index (Phi) is 7.49. The van der Waals surface area contributed by atoms with Crippen LogP contribution in [0.15, 0.2) is 210 Å². The first kappa shape index (κ1) is 32.0. The van der Waals surface area contributed by atoms with Gasteiger partial charge < -0.3 is 14.5 Å². The first-order valence-corrected chi connectivity index (χ1v) is 19.0. The molecular weight excluding hydrogens is 683 g/mol. The minimum Gasteiger partial charge on any atom is -0.344 e. The number of aliphatic imine (C=N–C) groups is 2. The lowest BCUT2D eigenvalue weighted by Crippen LogP contribution is -2.34. The van der Waals surface area contributed by atoms with E-state index in [0.717, 1.165) is 44.9 Å². The van der Waals surface area contributed by atoms with Crippen molar-refractivity contribution in [3.05, 3.63) is 217 Å². The van der Waals surface area contributed by atoms with Crippen LogP contribution >= 0.6 is 0 Å². The maximum Gasteiger partial charge on any atom is 0.159 e. The van der Waals surface area contributed by atoms with Crippen LogP contribution in [0.4, 0.5) is 0 Å². The summed E-state index contributed by atoms with van der Waals surface area (Å²) in [5, 5.41) is 8.59. The van der Waals surface area contributed by atoms with E-state index in [4.69, 9.17) is 9.98 Å². The molecule has 0 amide bonds. The summed E-state index contributed by atoms with van der Waals surface area (Å²) >= 11 is 0. The maximum atomic E-state index is 5.28. The number of rotatable bonds is 6. The van der Waals surface area contributed by atoms with Gasteiger partial charge in [0.15, 0.2) is 5.84 Å². The maximum absolute atomic E-state index is 5.28. The zero-order valence-electron chi connectivity index (χ0n) is 30.4. The molecule has 3 heterocycles. The van der Waals surface area contributed by atoms with Crippen molar-refractivity contribution < 1.29 is 0 Å². The number of nitrogens with one attached hydrogen (secondary N) is 1. The molecule has 5 nitrogen and oxygen atoms in total. The second kappa shape index (κ2) is 13.1. The molecule has 1 aliphatic rings. The molecule has 0 fully saturated rings. The lowest BCUT2D eigenvalue weighted by atomic mass is 10.0. The largest absolute Gasteiger partial charge is 0.344 e. The average Bonchev–Trinajstić information content (AvgIpc) is 3.79. The van der Waals surface area contributed by atoms with E-state index in [2.05, 4.69) is 178 Å². The lowest BCUT2D eigenvalue weighted by Gasteiger charge is -2.26. The molecule has 0 saturated heterocycles. The van der Waals surface area contributed by atoms with Gasteiger partial charge in [-0.1, -0.05) is 158 Å². The highest BCUT2D eigenvalue weighted by atomic mass is 15.2. The third-order valence-electron chi connectivity index (χ3n) is 11.0. The van der Waals surface area contributed by atoms with Gasteiger partial charge in [0.2, 0.25) is 0 Å². The summed E-state index contributed by atoms with van der Waals surface area (Å²) in [5.74, 6) is 1.50. The minimum atomic E-state index is -0.385. The van der Waals surface area contributed by atoms with E-state index in [9.17, 15) is 0 Å². The summed E-state index contributed by atoms with van der Waals surface area (Å²) in [4.78, 5) is 10.3. The zero-order chi connectivity index (χ0) is 37.0. The molecule has 0 bridgehead atoms. The Labute approximate surface area is 324 Å². The van der Waals surface area contributed by atoms with Crippen molar-refractivity contribution in [1.82, 2.24) is 14.5 Å². The molecule has 1 unspecified atom stereocenters. The van der Waals surface area contributed by atoms with Crippen LogP contribution in [-0.4, -0.2) is 20.8 Å². The monoisotopic (exact) mass is 717 g/mol. The molecule has 5 heteroatoms. The van der Waals surface area contributed by atoms with Crippen molar-refractivity contribution in [1.29, 1.82) is 0 Å². The van der Waals surface area contributed by atoms with Crippen LogP contribution in [0, 0.1) is 0 Å². The van der Waals surface area contributed by atoms with E-state index in [-0.39, 0.29) is 6.17 Å². The highest BCUT2D eigenvalue weighted by Crippen LogP contribution is 2.39. The Hall–Kier alpha value is -7.50. The second-order valence-corrected chi connectivity index (χ2v) is 14.3. The van der Waals surface area contributed by atoms with Crippen molar-refractivity contribution >= 4 is 55.3 Å². The van der Waals surface area contributed by atoms with E-state index < -0.39 is 0 Å². The number of aromatic nitrogens is 2. The highest BCUT2D eigenvalue weighted by molar-refractivity contribution is 6.14. The van der Waals surface area contributed by atoms with Crippen LogP contribution in [0.5, 0.6) is 0 Å². The standard InChI is InChI=1S/C51H35N5/c1-4-16-34(17-5-1)37-28-31-47-43(32-37)40-23-11-13-25-44(40)55(47)38-29-30-41-39-22-10-14-26-45(39)56(48(41)33-38)46-27-15-12-24-42(46)51-53-49(35-18-6-2-7-19-35)52-50(54-51)36-20-8-3-9-21-36/h1-33,51H,(H,52,53,54). The average molecular weight is 718 g/mol. The van der Waals surface area contributed by atoms with Crippen molar-refractivity contribution in [2.24, 2.45) is 9.98 Å². The van der Waals surface area contributed by atoms with Crippen LogP contribution < -0.4 is 5.32 Å². The van der Waals surface area contributed by atoms with Gasteiger partial charge in [0.25, 0.3) is 0 Å². The van der Waals surface area contributed by atoms with Crippen LogP contribution in [0.25, 0.3) is 66.1 Å². The normalized spacial score (nSPS) is 14.2. The first-order valence-electron chi connectivity index (χ1n) is 19.0. The molecule has 0 spiro atoms. The van der Waals surface area contributed by atoms with E-state index >= 15 is 0 Å². The molecule has 0 radical (unpaired) electrons. The SMILES string of the molecule is c1ccc(C2=NC(c3ccccc3-n3c4ccccc4c4ccc(-n5c6ccccc6c6cc(-c7ccccc7)ccc65)cc43)NC(c3ccccc3)=N2)cc1.